The fraction of sp³-hybridized carbons (Fsp3) is 0.250. The zero-order chi connectivity index (χ0) is 14.5. The second-order valence-electron chi connectivity index (χ2n) is 4.08. The Balaban J connectivity index is 2.29. The summed E-state index contributed by atoms with van der Waals surface area (Å²) in [4.78, 5) is 2.51. The van der Waals surface area contributed by atoms with Gasteiger partial charge in [0.25, 0.3) is 0 Å². The number of nitrogens with zero attached hydrogens (tertiary/aromatic N) is 4. The summed E-state index contributed by atoms with van der Waals surface area (Å²) < 4.78 is 4.94. The summed E-state index contributed by atoms with van der Waals surface area (Å²) in [6, 6.07) is 5.86. The van der Waals surface area contributed by atoms with E-state index >= 15 is 0 Å². The van der Waals surface area contributed by atoms with Crippen molar-refractivity contribution >= 4 is 0 Å². The van der Waals surface area contributed by atoms with Crippen LogP contribution >= 0.6 is 0 Å². The predicted octanol–water partition coefficient (Wildman–Crippen LogP) is 1.75. The maximum absolute atomic E-state index is 9.97. The van der Waals surface area contributed by atoms with Crippen LogP contribution in [0.5, 0.6) is 5.75 Å². The fourth-order valence-corrected chi connectivity index (χ4v) is 1.73. The van der Waals surface area contributed by atoms with Gasteiger partial charge in [0.05, 0.1) is 24.4 Å². The van der Waals surface area contributed by atoms with Crippen LogP contribution in [-0.4, -0.2) is 33.1 Å². The van der Waals surface area contributed by atoms with Crippen molar-refractivity contribution in [2.75, 3.05) is 6.54 Å². The summed E-state index contributed by atoms with van der Waals surface area (Å²) in [5.41, 5.74) is 8.89. The van der Waals surface area contributed by atoms with Gasteiger partial charge in [-0.15, -0.1) is 0 Å². The average molecular weight is 276 g/mol. The van der Waals surface area contributed by atoms with Crippen LogP contribution < -0.4 is 0 Å². The minimum absolute atomic E-state index is 0.0396. The molecule has 1 aromatic heterocycles. The van der Waals surface area contributed by atoms with Gasteiger partial charge in [0.1, 0.15) is 11.9 Å². The zero-order valence-corrected chi connectivity index (χ0v) is 10.3. The number of benzene rings is 1. The van der Waals surface area contributed by atoms with Crippen LogP contribution in [0.2, 0.25) is 0 Å². The molecule has 0 amide bonds. The number of rotatable bonds is 5. The lowest BCUT2D eigenvalue weighted by atomic mass is 10.0. The number of aliphatic hydroxyl groups excluding tert-OH is 2. The van der Waals surface area contributed by atoms with Gasteiger partial charge in [-0.1, -0.05) is 16.3 Å². The highest BCUT2D eigenvalue weighted by Gasteiger charge is 2.19. The SMILES string of the molecule is [N-]=[N+]=NCC(O)C(O)c1ccc(O)c(-c2ccno2)c1. The van der Waals surface area contributed by atoms with Gasteiger partial charge in [0.15, 0.2) is 5.76 Å². The number of hydrogen-bond donors (Lipinski definition) is 3. The number of azide groups is 1. The van der Waals surface area contributed by atoms with Crippen molar-refractivity contribution in [1.82, 2.24) is 5.16 Å². The molecule has 1 aromatic carbocycles. The average Bonchev–Trinajstić information content (AvgIpc) is 2.98. The van der Waals surface area contributed by atoms with Crippen molar-refractivity contribution in [1.29, 1.82) is 0 Å². The molecule has 8 heteroatoms. The Hall–Kier alpha value is -2.54. The highest BCUT2D eigenvalue weighted by atomic mass is 16.5. The van der Waals surface area contributed by atoms with E-state index in [4.69, 9.17) is 10.1 Å². The largest absolute Gasteiger partial charge is 0.507 e. The highest BCUT2D eigenvalue weighted by molar-refractivity contribution is 5.66. The van der Waals surface area contributed by atoms with Gasteiger partial charge < -0.3 is 19.8 Å². The molecule has 0 saturated carbocycles. The van der Waals surface area contributed by atoms with Crippen molar-refractivity contribution in [2.24, 2.45) is 5.11 Å². The zero-order valence-electron chi connectivity index (χ0n) is 10.3. The lowest BCUT2D eigenvalue weighted by molar-refractivity contribution is 0.0244. The van der Waals surface area contributed by atoms with E-state index in [2.05, 4.69) is 15.2 Å². The first kappa shape index (κ1) is 13.9. The van der Waals surface area contributed by atoms with E-state index in [-0.39, 0.29) is 12.3 Å². The molecule has 0 spiro atoms. The van der Waals surface area contributed by atoms with Crippen LogP contribution in [0.25, 0.3) is 21.8 Å². The Bertz CT molecular complexity index is 622. The fourth-order valence-electron chi connectivity index (χ4n) is 1.73. The monoisotopic (exact) mass is 276 g/mol. The van der Waals surface area contributed by atoms with Crippen molar-refractivity contribution in [3.63, 3.8) is 0 Å². The van der Waals surface area contributed by atoms with E-state index in [0.29, 0.717) is 16.9 Å². The Kier molecular flexibility index (Phi) is 4.21. The van der Waals surface area contributed by atoms with Crippen molar-refractivity contribution in [3.05, 3.63) is 46.5 Å². The maximum Gasteiger partial charge on any atom is 0.170 e. The second-order valence-corrected chi connectivity index (χ2v) is 4.08. The summed E-state index contributed by atoms with van der Waals surface area (Å²) >= 11 is 0. The van der Waals surface area contributed by atoms with Crippen LogP contribution in [0.4, 0.5) is 0 Å². The normalized spacial score (nSPS) is 13.5. The Morgan fingerprint density at radius 1 is 1.35 bits per heavy atom. The molecule has 104 valence electrons. The molecule has 2 rings (SSSR count). The van der Waals surface area contributed by atoms with Crippen LogP contribution in [0.15, 0.2) is 40.1 Å². The molecule has 0 aliphatic carbocycles. The summed E-state index contributed by atoms with van der Waals surface area (Å²) in [7, 11) is 0. The summed E-state index contributed by atoms with van der Waals surface area (Å²) in [5.74, 6) is 0.295. The number of aliphatic hydroxyl groups is 2. The smallest absolute Gasteiger partial charge is 0.170 e. The van der Waals surface area contributed by atoms with Gasteiger partial charge in [0.2, 0.25) is 0 Å². The minimum Gasteiger partial charge on any atom is -0.507 e. The Morgan fingerprint density at radius 2 is 2.15 bits per heavy atom. The molecule has 0 aliphatic heterocycles. The van der Waals surface area contributed by atoms with Crippen LogP contribution in [0, 0.1) is 0 Å². The van der Waals surface area contributed by atoms with E-state index in [0.717, 1.165) is 0 Å². The Labute approximate surface area is 113 Å². The molecule has 0 bridgehead atoms. The van der Waals surface area contributed by atoms with Gasteiger partial charge >= 0.3 is 0 Å². The molecule has 0 radical (unpaired) electrons. The van der Waals surface area contributed by atoms with E-state index in [1.165, 1.54) is 24.4 Å². The quantitative estimate of drug-likeness (QED) is 0.434. The number of phenolic OH excluding ortho intramolecular Hbond substituents is 1. The predicted molar refractivity (Wildman–Crippen MR) is 68.6 cm³/mol. The molecule has 0 saturated heterocycles. The first-order valence-corrected chi connectivity index (χ1v) is 5.74. The maximum atomic E-state index is 9.97. The number of phenols is 1. The number of aromatic hydroxyl groups is 1. The van der Waals surface area contributed by atoms with Gasteiger partial charge in [-0.25, -0.2) is 0 Å². The van der Waals surface area contributed by atoms with E-state index < -0.39 is 12.2 Å². The molecule has 0 aliphatic rings. The first-order chi connectivity index (χ1) is 9.63. The molecular weight excluding hydrogens is 264 g/mol. The third-order valence-corrected chi connectivity index (χ3v) is 2.76. The van der Waals surface area contributed by atoms with Gasteiger partial charge in [-0.3, -0.25) is 0 Å². The number of aromatic nitrogens is 1. The van der Waals surface area contributed by atoms with Gasteiger partial charge in [-0.05, 0) is 23.2 Å². The molecule has 2 aromatic rings. The van der Waals surface area contributed by atoms with E-state index in [9.17, 15) is 15.3 Å². The third-order valence-electron chi connectivity index (χ3n) is 2.76. The van der Waals surface area contributed by atoms with Crippen LogP contribution in [-0.2, 0) is 0 Å². The first-order valence-electron chi connectivity index (χ1n) is 5.74. The lowest BCUT2D eigenvalue weighted by Gasteiger charge is -2.17. The van der Waals surface area contributed by atoms with Crippen molar-refractivity contribution in [3.8, 4) is 17.1 Å². The van der Waals surface area contributed by atoms with Gasteiger partial charge in [0, 0.05) is 11.0 Å². The summed E-state index contributed by atoms with van der Waals surface area (Å²) in [5, 5.41) is 36.2. The van der Waals surface area contributed by atoms with Crippen molar-refractivity contribution < 1.29 is 19.8 Å². The topological polar surface area (TPSA) is 135 Å². The molecule has 2 unspecified atom stereocenters. The number of hydrogen-bond acceptors (Lipinski definition) is 6. The molecule has 3 N–H and O–H groups in total. The summed E-state index contributed by atoms with van der Waals surface area (Å²) in [6.07, 6.45) is -1.06. The molecular formula is C12H12N4O4. The lowest BCUT2D eigenvalue weighted by Crippen LogP contribution is -2.21. The Morgan fingerprint density at radius 3 is 2.80 bits per heavy atom. The molecule has 0 fully saturated rings. The van der Waals surface area contributed by atoms with E-state index in [1.54, 1.807) is 6.07 Å². The molecule has 8 nitrogen and oxygen atoms in total. The molecule has 1 heterocycles. The van der Waals surface area contributed by atoms with Gasteiger partial charge in [-0.2, -0.15) is 0 Å². The standard InChI is InChI=1S/C12H12N4O4/c13-16-14-6-10(18)12(19)7-1-2-9(17)8(5-7)11-3-4-15-20-11/h1-5,10,12,17-19H,6H2. The summed E-state index contributed by atoms with van der Waals surface area (Å²) in [6.45, 7) is -0.254. The highest BCUT2D eigenvalue weighted by Crippen LogP contribution is 2.32. The van der Waals surface area contributed by atoms with Crippen LogP contribution in [0.3, 0.4) is 0 Å². The molecule has 2 atom stereocenters. The van der Waals surface area contributed by atoms with Crippen LogP contribution in [0.1, 0.15) is 11.7 Å². The third kappa shape index (κ3) is 2.89. The molecule has 20 heavy (non-hydrogen) atoms. The van der Waals surface area contributed by atoms with Crippen molar-refractivity contribution in [2.45, 2.75) is 12.2 Å². The second kappa shape index (κ2) is 6.07. The minimum atomic E-state index is -1.25. The van der Waals surface area contributed by atoms with E-state index in [1.807, 2.05) is 0 Å².